The number of nitrogens with zero attached hydrogens (tertiary/aromatic N) is 2. The summed E-state index contributed by atoms with van der Waals surface area (Å²) in [6.45, 7) is 6.53. The zero-order valence-electron chi connectivity index (χ0n) is 22.9. The Labute approximate surface area is 238 Å². The molecular weight excluding hydrogens is 535 g/mol. The standard InChI is InChI=1S/C31H32ClFN2O5/c1-19-17-27(35(20(2)36)23-12-10-22(32)11-13-23)24-7-5-6-8-26(24)34(19)29(37)21-9-14-25(33)28(18-21)40-16-15-31(3,4)30(38)39/h5-14,18-19,27H,15-17H2,1-4H3,(H,38,39)/t19-,27+/m0/s1. The van der Waals surface area contributed by atoms with E-state index in [1.165, 1.54) is 25.1 Å². The van der Waals surface area contributed by atoms with Gasteiger partial charge < -0.3 is 19.6 Å². The normalized spacial score (nSPS) is 16.7. The van der Waals surface area contributed by atoms with Gasteiger partial charge in [-0.05, 0) is 87.7 Å². The van der Waals surface area contributed by atoms with Gasteiger partial charge in [-0.3, -0.25) is 14.4 Å². The van der Waals surface area contributed by atoms with Crippen molar-refractivity contribution in [3.63, 3.8) is 0 Å². The lowest BCUT2D eigenvalue weighted by Crippen LogP contribution is -2.47. The molecule has 0 saturated carbocycles. The van der Waals surface area contributed by atoms with Crippen LogP contribution in [0.15, 0.2) is 66.7 Å². The Morgan fingerprint density at radius 2 is 1.77 bits per heavy atom. The number of anilines is 2. The molecule has 2 amide bonds. The molecule has 210 valence electrons. The van der Waals surface area contributed by atoms with Gasteiger partial charge >= 0.3 is 5.97 Å². The fraction of sp³-hybridized carbons (Fsp3) is 0.323. The third-order valence-corrected chi connectivity index (χ3v) is 7.53. The van der Waals surface area contributed by atoms with E-state index < -0.39 is 17.2 Å². The molecule has 0 unspecified atom stereocenters. The van der Waals surface area contributed by atoms with E-state index in [9.17, 15) is 23.9 Å². The van der Waals surface area contributed by atoms with E-state index in [2.05, 4.69) is 0 Å². The lowest BCUT2D eigenvalue weighted by atomic mass is 9.89. The fourth-order valence-electron chi connectivity index (χ4n) is 4.93. The summed E-state index contributed by atoms with van der Waals surface area (Å²) >= 11 is 6.08. The predicted octanol–water partition coefficient (Wildman–Crippen LogP) is 6.89. The van der Waals surface area contributed by atoms with Gasteiger partial charge in [-0.25, -0.2) is 4.39 Å². The summed E-state index contributed by atoms with van der Waals surface area (Å²) in [6, 6.07) is 17.8. The maximum atomic E-state index is 14.6. The minimum Gasteiger partial charge on any atom is -0.490 e. The number of fused-ring (bicyclic) bond motifs is 1. The number of halogens is 2. The highest BCUT2D eigenvalue weighted by Crippen LogP contribution is 2.43. The summed E-state index contributed by atoms with van der Waals surface area (Å²) in [6.07, 6.45) is 0.637. The second kappa shape index (κ2) is 11.7. The van der Waals surface area contributed by atoms with Crippen LogP contribution in [0.4, 0.5) is 15.8 Å². The van der Waals surface area contributed by atoms with Crippen LogP contribution in [-0.4, -0.2) is 35.5 Å². The first kappa shape index (κ1) is 29.1. The lowest BCUT2D eigenvalue weighted by Gasteiger charge is -2.43. The van der Waals surface area contributed by atoms with Crippen LogP contribution >= 0.6 is 11.6 Å². The zero-order valence-corrected chi connectivity index (χ0v) is 23.6. The Morgan fingerprint density at radius 3 is 2.42 bits per heavy atom. The van der Waals surface area contributed by atoms with Crippen molar-refractivity contribution in [1.29, 1.82) is 0 Å². The van der Waals surface area contributed by atoms with E-state index in [1.54, 1.807) is 47.9 Å². The third kappa shape index (κ3) is 5.97. The number of para-hydroxylation sites is 1. The number of carbonyl (C=O) groups is 3. The van der Waals surface area contributed by atoms with E-state index in [0.29, 0.717) is 22.8 Å². The summed E-state index contributed by atoms with van der Waals surface area (Å²) in [5.41, 5.74) is 1.37. The van der Waals surface area contributed by atoms with Crippen LogP contribution in [0.2, 0.25) is 5.02 Å². The Balaban J connectivity index is 1.64. The largest absolute Gasteiger partial charge is 0.490 e. The van der Waals surface area contributed by atoms with Gasteiger partial charge in [0.2, 0.25) is 5.91 Å². The minimum atomic E-state index is -1.03. The number of ether oxygens (including phenoxy) is 1. The number of hydrogen-bond donors (Lipinski definition) is 1. The number of rotatable bonds is 8. The summed E-state index contributed by atoms with van der Waals surface area (Å²) < 4.78 is 20.1. The lowest BCUT2D eigenvalue weighted by molar-refractivity contribution is -0.147. The van der Waals surface area contributed by atoms with Gasteiger partial charge in [0.15, 0.2) is 11.6 Å². The Kier molecular flexibility index (Phi) is 8.49. The number of carboxylic acids is 1. The van der Waals surface area contributed by atoms with Crippen molar-refractivity contribution in [1.82, 2.24) is 0 Å². The summed E-state index contributed by atoms with van der Waals surface area (Å²) in [7, 11) is 0. The molecule has 3 aromatic rings. The molecule has 1 aliphatic rings. The van der Waals surface area contributed by atoms with Crippen LogP contribution in [0.25, 0.3) is 0 Å². The molecule has 0 bridgehead atoms. The minimum absolute atomic E-state index is 0.0237. The van der Waals surface area contributed by atoms with Crippen molar-refractivity contribution < 1.29 is 28.6 Å². The molecule has 0 aliphatic carbocycles. The highest BCUT2D eigenvalue weighted by atomic mass is 35.5. The average molecular weight is 567 g/mol. The number of hydrogen-bond acceptors (Lipinski definition) is 4. The quantitative estimate of drug-likeness (QED) is 0.321. The molecule has 4 rings (SSSR count). The Morgan fingerprint density at radius 1 is 1.10 bits per heavy atom. The molecule has 7 nitrogen and oxygen atoms in total. The van der Waals surface area contributed by atoms with Gasteiger partial charge in [0.1, 0.15) is 0 Å². The van der Waals surface area contributed by atoms with Crippen molar-refractivity contribution in [2.45, 2.75) is 52.6 Å². The molecule has 2 atom stereocenters. The smallest absolute Gasteiger partial charge is 0.309 e. The Bertz CT molecular complexity index is 1430. The van der Waals surface area contributed by atoms with Crippen LogP contribution in [0.3, 0.4) is 0 Å². The van der Waals surface area contributed by atoms with E-state index in [4.69, 9.17) is 16.3 Å². The van der Waals surface area contributed by atoms with Gasteiger partial charge in [-0.1, -0.05) is 29.8 Å². The van der Waals surface area contributed by atoms with E-state index >= 15 is 0 Å². The van der Waals surface area contributed by atoms with Crippen LogP contribution in [0, 0.1) is 11.2 Å². The monoisotopic (exact) mass is 566 g/mol. The van der Waals surface area contributed by atoms with Crippen LogP contribution in [-0.2, 0) is 9.59 Å². The van der Waals surface area contributed by atoms with Crippen molar-refractivity contribution in [3.05, 3.63) is 88.7 Å². The van der Waals surface area contributed by atoms with Crippen LogP contribution < -0.4 is 14.5 Å². The first-order valence-corrected chi connectivity index (χ1v) is 13.4. The zero-order chi connectivity index (χ0) is 29.2. The molecule has 0 radical (unpaired) electrons. The van der Waals surface area contributed by atoms with Crippen LogP contribution in [0.1, 0.15) is 62.5 Å². The van der Waals surface area contributed by atoms with Gasteiger partial charge in [0.05, 0.1) is 18.1 Å². The molecule has 1 N–H and O–H groups in total. The number of carbonyl (C=O) groups excluding carboxylic acids is 2. The fourth-order valence-corrected chi connectivity index (χ4v) is 5.05. The molecule has 0 saturated heterocycles. The first-order chi connectivity index (χ1) is 18.9. The van der Waals surface area contributed by atoms with E-state index in [-0.39, 0.29) is 48.2 Å². The summed E-state index contributed by atoms with van der Waals surface area (Å²) in [5, 5.41) is 9.88. The van der Waals surface area contributed by atoms with Crippen molar-refractivity contribution in [2.75, 3.05) is 16.4 Å². The second-order valence-electron chi connectivity index (χ2n) is 10.6. The number of aliphatic carboxylic acids is 1. The number of amides is 2. The van der Waals surface area contributed by atoms with Gasteiger partial charge in [0.25, 0.3) is 5.91 Å². The first-order valence-electron chi connectivity index (χ1n) is 13.0. The van der Waals surface area contributed by atoms with Gasteiger partial charge in [-0.2, -0.15) is 0 Å². The molecule has 3 aromatic carbocycles. The topological polar surface area (TPSA) is 87.2 Å². The van der Waals surface area contributed by atoms with E-state index in [0.717, 1.165) is 5.56 Å². The average Bonchev–Trinajstić information content (AvgIpc) is 2.90. The van der Waals surface area contributed by atoms with Crippen molar-refractivity contribution >= 4 is 40.8 Å². The molecule has 1 aliphatic heterocycles. The molecule has 0 aromatic heterocycles. The molecule has 40 heavy (non-hydrogen) atoms. The molecular formula is C31H32ClFN2O5. The molecule has 0 fully saturated rings. The third-order valence-electron chi connectivity index (χ3n) is 7.28. The molecule has 9 heteroatoms. The Hall–Kier alpha value is -3.91. The van der Waals surface area contributed by atoms with Gasteiger partial charge in [0, 0.05) is 34.9 Å². The summed E-state index contributed by atoms with van der Waals surface area (Å²) in [4.78, 5) is 41.5. The maximum absolute atomic E-state index is 14.6. The second-order valence-corrected chi connectivity index (χ2v) is 11.1. The van der Waals surface area contributed by atoms with Gasteiger partial charge in [-0.15, -0.1) is 0 Å². The van der Waals surface area contributed by atoms with E-state index in [1.807, 2.05) is 31.2 Å². The SMILES string of the molecule is CC(=O)N(c1ccc(Cl)cc1)[C@@H]1C[C@H](C)N(C(=O)c2ccc(F)c(OCCC(C)(C)C(=O)O)c2)c2ccccc21. The van der Waals surface area contributed by atoms with Crippen molar-refractivity contribution in [2.24, 2.45) is 5.41 Å². The number of carboxylic acid groups (broad SMARTS) is 1. The van der Waals surface area contributed by atoms with Crippen molar-refractivity contribution in [3.8, 4) is 5.75 Å². The summed E-state index contributed by atoms with van der Waals surface area (Å²) in [5.74, 6) is -2.21. The highest BCUT2D eigenvalue weighted by Gasteiger charge is 2.38. The molecule has 0 spiro atoms. The number of benzene rings is 3. The molecule has 1 heterocycles. The highest BCUT2D eigenvalue weighted by molar-refractivity contribution is 6.30. The predicted molar refractivity (Wildman–Crippen MR) is 153 cm³/mol. The van der Waals surface area contributed by atoms with Crippen LogP contribution in [0.5, 0.6) is 5.75 Å². The maximum Gasteiger partial charge on any atom is 0.309 e.